The fourth-order valence-electron chi connectivity index (χ4n) is 2.66. The Kier molecular flexibility index (Phi) is 18.4. The summed E-state index contributed by atoms with van der Waals surface area (Å²) in [5.74, 6) is 0.436. The Morgan fingerprint density at radius 2 is 1.13 bits per heavy atom. The molecule has 0 spiro atoms. The third-order valence-corrected chi connectivity index (χ3v) is 4.52. The highest BCUT2D eigenvalue weighted by atomic mass is 32.1. The Hall–Kier alpha value is 0.0300. The zero-order chi connectivity index (χ0) is 17.2. The number of hydrogen-bond donors (Lipinski definition) is 3. The molecule has 0 saturated carbocycles. The van der Waals surface area contributed by atoms with Gasteiger partial charge in [0.1, 0.15) is 5.78 Å². The van der Waals surface area contributed by atoms with Gasteiger partial charge in [0.2, 0.25) is 0 Å². The predicted molar refractivity (Wildman–Crippen MR) is 106 cm³/mol. The van der Waals surface area contributed by atoms with Gasteiger partial charge in [-0.1, -0.05) is 63.6 Å². The normalized spacial score (nSPS) is 10.9. The molecular formula is C18H35NO2S2. The SMILES string of the molecule is O=C(CCCCCCCCCCNO)CCCCCCC(=S)S. The maximum Gasteiger partial charge on any atom is 0.132 e. The molecule has 0 bridgehead atoms. The summed E-state index contributed by atoms with van der Waals surface area (Å²) >= 11 is 9.03. The number of hydroxylamine groups is 1. The van der Waals surface area contributed by atoms with E-state index in [9.17, 15) is 4.79 Å². The lowest BCUT2D eigenvalue weighted by Crippen LogP contribution is -2.07. The second kappa shape index (κ2) is 18.4. The van der Waals surface area contributed by atoms with Gasteiger partial charge in [-0.3, -0.25) is 4.79 Å². The highest BCUT2D eigenvalue weighted by Gasteiger charge is 2.02. The molecule has 0 atom stereocenters. The van der Waals surface area contributed by atoms with Gasteiger partial charge in [-0.15, -0.1) is 12.6 Å². The molecule has 0 aliphatic rings. The zero-order valence-corrected chi connectivity index (χ0v) is 16.2. The van der Waals surface area contributed by atoms with E-state index in [-0.39, 0.29) is 0 Å². The molecule has 0 aromatic rings. The van der Waals surface area contributed by atoms with E-state index in [1.54, 1.807) is 0 Å². The number of thiol groups is 1. The lowest BCUT2D eigenvalue weighted by molar-refractivity contribution is -0.119. The summed E-state index contributed by atoms with van der Waals surface area (Å²) < 4.78 is 0.795. The molecule has 0 fully saturated rings. The number of carbonyl (C=O) groups is 1. The molecule has 0 aliphatic carbocycles. The molecule has 2 N–H and O–H groups in total. The lowest BCUT2D eigenvalue weighted by atomic mass is 10.0. The summed E-state index contributed by atoms with van der Waals surface area (Å²) in [7, 11) is 0. The van der Waals surface area contributed by atoms with Crippen molar-refractivity contribution in [3.8, 4) is 0 Å². The molecule has 5 heteroatoms. The van der Waals surface area contributed by atoms with Crippen molar-refractivity contribution >= 4 is 34.8 Å². The van der Waals surface area contributed by atoms with Crippen LogP contribution in [-0.2, 0) is 4.79 Å². The number of Topliss-reactive ketones (excluding diaryl/α,β-unsaturated/α-hetero) is 1. The van der Waals surface area contributed by atoms with E-state index in [1.165, 1.54) is 38.5 Å². The summed E-state index contributed by atoms with van der Waals surface area (Å²) in [6.07, 6.45) is 16.4. The van der Waals surface area contributed by atoms with Crippen LogP contribution in [0.4, 0.5) is 0 Å². The molecule has 0 aliphatic heterocycles. The van der Waals surface area contributed by atoms with Crippen LogP contribution in [0.3, 0.4) is 0 Å². The molecular weight excluding hydrogens is 326 g/mol. The van der Waals surface area contributed by atoms with Crippen LogP contribution in [0.2, 0.25) is 0 Å². The quantitative estimate of drug-likeness (QED) is 0.128. The van der Waals surface area contributed by atoms with Crippen LogP contribution in [0.25, 0.3) is 0 Å². The number of hydrogen-bond acceptors (Lipinski definition) is 4. The van der Waals surface area contributed by atoms with Crippen LogP contribution in [0.15, 0.2) is 0 Å². The first kappa shape index (κ1) is 23.0. The van der Waals surface area contributed by atoms with Gasteiger partial charge in [-0.2, -0.15) is 0 Å². The molecule has 0 saturated heterocycles. The van der Waals surface area contributed by atoms with E-state index in [0.717, 1.165) is 62.0 Å². The molecule has 0 amide bonds. The van der Waals surface area contributed by atoms with E-state index in [0.29, 0.717) is 12.3 Å². The smallest absolute Gasteiger partial charge is 0.132 e. The highest BCUT2D eigenvalue weighted by Crippen LogP contribution is 2.12. The van der Waals surface area contributed by atoms with Gasteiger partial charge in [-0.05, 0) is 32.1 Å². The van der Waals surface area contributed by atoms with Crippen LogP contribution in [0.1, 0.15) is 96.3 Å². The molecule has 23 heavy (non-hydrogen) atoms. The fraction of sp³-hybridized carbons (Fsp3) is 0.889. The van der Waals surface area contributed by atoms with Gasteiger partial charge in [-0.25, -0.2) is 5.48 Å². The maximum absolute atomic E-state index is 11.8. The summed E-state index contributed by atoms with van der Waals surface area (Å²) in [6.45, 7) is 0.699. The number of carbonyl (C=O) groups excluding carboxylic acids is 1. The minimum Gasteiger partial charge on any atom is -0.317 e. The van der Waals surface area contributed by atoms with Crippen molar-refractivity contribution in [3.63, 3.8) is 0 Å². The van der Waals surface area contributed by atoms with Gasteiger partial charge in [0.15, 0.2) is 0 Å². The van der Waals surface area contributed by atoms with Crippen molar-refractivity contribution in [1.82, 2.24) is 5.48 Å². The number of ketones is 1. The third kappa shape index (κ3) is 20.0. The molecule has 0 radical (unpaired) electrons. The van der Waals surface area contributed by atoms with Crippen LogP contribution in [-0.4, -0.2) is 21.7 Å². The minimum atomic E-state index is 0.436. The van der Waals surface area contributed by atoms with Gasteiger partial charge >= 0.3 is 0 Å². The van der Waals surface area contributed by atoms with Crippen LogP contribution >= 0.6 is 24.8 Å². The standard InChI is InChI=1S/C18H35NO2S2/c20-17(14-10-6-7-11-15-18(22)23)13-9-5-3-1-2-4-8-12-16-19-21/h19,21H,1-16H2,(H,22,23). The Morgan fingerprint density at radius 1 is 0.739 bits per heavy atom. The fourth-order valence-corrected chi connectivity index (χ4v) is 2.97. The number of unbranched alkanes of at least 4 members (excludes halogenated alkanes) is 10. The molecule has 0 heterocycles. The summed E-state index contributed by atoms with van der Waals surface area (Å²) in [4.78, 5) is 11.8. The second-order valence-electron chi connectivity index (χ2n) is 6.33. The van der Waals surface area contributed by atoms with Gasteiger partial charge in [0.25, 0.3) is 0 Å². The van der Waals surface area contributed by atoms with Gasteiger partial charge < -0.3 is 5.21 Å². The second-order valence-corrected chi connectivity index (χ2v) is 7.67. The largest absolute Gasteiger partial charge is 0.317 e. The highest BCUT2D eigenvalue weighted by molar-refractivity contribution is 8.11. The molecule has 0 aromatic heterocycles. The van der Waals surface area contributed by atoms with Crippen molar-refractivity contribution in [1.29, 1.82) is 0 Å². The van der Waals surface area contributed by atoms with E-state index in [2.05, 4.69) is 18.1 Å². The first-order chi connectivity index (χ1) is 11.2. The number of thiocarbonyl (C=S) groups is 1. The van der Waals surface area contributed by atoms with Crippen molar-refractivity contribution in [2.24, 2.45) is 0 Å². The Balaban J connectivity index is 3.17. The molecule has 136 valence electrons. The van der Waals surface area contributed by atoms with Crippen molar-refractivity contribution in [3.05, 3.63) is 0 Å². The summed E-state index contributed by atoms with van der Waals surface area (Å²) in [5.41, 5.74) is 2.19. The lowest BCUT2D eigenvalue weighted by Gasteiger charge is -2.03. The van der Waals surface area contributed by atoms with Crippen LogP contribution in [0, 0.1) is 0 Å². The van der Waals surface area contributed by atoms with Crippen molar-refractivity contribution in [2.75, 3.05) is 6.54 Å². The average Bonchev–Trinajstić information content (AvgIpc) is 2.52. The molecule has 0 unspecified atom stereocenters. The zero-order valence-electron chi connectivity index (χ0n) is 14.5. The summed E-state index contributed by atoms with van der Waals surface area (Å²) in [5, 5.41) is 8.44. The van der Waals surface area contributed by atoms with Crippen molar-refractivity contribution in [2.45, 2.75) is 96.3 Å². The molecule has 3 nitrogen and oxygen atoms in total. The Morgan fingerprint density at radius 3 is 1.57 bits per heavy atom. The summed E-state index contributed by atoms with van der Waals surface area (Å²) in [6, 6.07) is 0. The van der Waals surface area contributed by atoms with Crippen molar-refractivity contribution < 1.29 is 10.0 Å². The first-order valence-corrected chi connectivity index (χ1v) is 10.1. The van der Waals surface area contributed by atoms with E-state index in [1.807, 2.05) is 0 Å². The monoisotopic (exact) mass is 361 g/mol. The van der Waals surface area contributed by atoms with E-state index in [4.69, 9.17) is 17.4 Å². The maximum atomic E-state index is 11.8. The Bertz CT molecular complexity index is 299. The third-order valence-electron chi connectivity index (χ3n) is 4.09. The van der Waals surface area contributed by atoms with Gasteiger partial charge in [0, 0.05) is 23.6 Å². The van der Waals surface area contributed by atoms with E-state index < -0.39 is 0 Å². The number of rotatable bonds is 18. The topological polar surface area (TPSA) is 49.3 Å². The Labute approximate surface area is 153 Å². The van der Waals surface area contributed by atoms with Crippen LogP contribution < -0.4 is 5.48 Å². The number of nitrogens with one attached hydrogen (secondary N) is 1. The van der Waals surface area contributed by atoms with E-state index >= 15 is 0 Å². The average molecular weight is 362 g/mol. The minimum absolute atomic E-state index is 0.436. The van der Waals surface area contributed by atoms with Gasteiger partial charge in [0.05, 0.1) is 0 Å². The first-order valence-electron chi connectivity index (χ1n) is 9.27. The van der Waals surface area contributed by atoms with Crippen LogP contribution in [0.5, 0.6) is 0 Å². The molecule has 0 aromatic carbocycles. The molecule has 0 rings (SSSR count). The predicted octanol–water partition coefficient (Wildman–Crippen LogP) is 5.64.